The molecular weight excluding hydrogens is 372 g/mol. The summed E-state index contributed by atoms with van der Waals surface area (Å²) in [5.74, 6) is 0.562. The van der Waals surface area contributed by atoms with Gasteiger partial charge in [0.25, 0.3) is 5.69 Å². The van der Waals surface area contributed by atoms with E-state index in [2.05, 4.69) is 5.16 Å². The highest BCUT2D eigenvalue weighted by atomic mass is 32.2. The molecule has 0 amide bonds. The highest BCUT2D eigenvalue weighted by Gasteiger charge is 2.37. The van der Waals surface area contributed by atoms with E-state index in [1.807, 2.05) is 0 Å². The van der Waals surface area contributed by atoms with E-state index < -0.39 is 21.0 Å². The number of nitro groups is 1. The molecule has 146 valence electrons. The summed E-state index contributed by atoms with van der Waals surface area (Å²) in [5.41, 5.74) is 8.17. The fourth-order valence-electron chi connectivity index (χ4n) is 3.68. The van der Waals surface area contributed by atoms with Crippen molar-refractivity contribution in [3.63, 3.8) is 0 Å². The minimum Gasteiger partial charge on any atom is -0.361 e. The third kappa shape index (κ3) is 3.73. The van der Waals surface area contributed by atoms with Gasteiger partial charge < -0.3 is 10.3 Å². The zero-order chi connectivity index (χ0) is 19.9. The van der Waals surface area contributed by atoms with E-state index in [-0.39, 0.29) is 18.3 Å². The molecule has 1 aromatic heterocycles. The molecule has 0 spiro atoms. The monoisotopic (exact) mass is 394 g/mol. The van der Waals surface area contributed by atoms with Crippen molar-refractivity contribution in [2.45, 2.75) is 38.8 Å². The average Bonchev–Trinajstić information content (AvgIpc) is 2.91. The van der Waals surface area contributed by atoms with Crippen LogP contribution >= 0.6 is 0 Å². The maximum Gasteiger partial charge on any atom is 0.274 e. The summed E-state index contributed by atoms with van der Waals surface area (Å²) in [7, 11) is -3.53. The molecule has 1 fully saturated rings. The molecule has 2 aromatic rings. The van der Waals surface area contributed by atoms with Gasteiger partial charge in [0.2, 0.25) is 10.0 Å². The number of piperidine rings is 1. The number of hydrogen-bond donors (Lipinski definition) is 1. The van der Waals surface area contributed by atoms with Gasteiger partial charge in [0.1, 0.15) is 5.76 Å². The summed E-state index contributed by atoms with van der Waals surface area (Å²) in [4.78, 5) is 11.3. The lowest BCUT2D eigenvalue weighted by molar-refractivity contribution is -0.385. The molecule has 1 aromatic carbocycles. The van der Waals surface area contributed by atoms with Crippen molar-refractivity contribution >= 4 is 15.7 Å². The molecular formula is C17H22N4O5S. The van der Waals surface area contributed by atoms with Gasteiger partial charge in [-0.2, -0.15) is 4.31 Å². The van der Waals surface area contributed by atoms with Gasteiger partial charge in [-0.3, -0.25) is 10.1 Å². The van der Waals surface area contributed by atoms with Gasteiger partial charge in [0.15, 0.2) is 0 Å². The minimum absolute atomic E-state index is 0.139. The fourth-order valence-corrected chi connectivity index (χ4v) is 4.78. The van der Waals surface area contributed by atoms with Crippen LogP contribution in [-0.4, -0.2) is 41.6 Å². The van der Waals surface area contributed by atoms with Gasteiger partial charge in [0.05, 0.1) is 22.9 Å². The smallest absolute Gasteiger partial charge is 0.274 e. The van der Waals surface area contributed by atoms with Crippen molar-refractivity contribution in [2.75, 3.05) is 12.8 Å². The van der Waals surface area contributed by atoms with E-state index >= 15 is 0 Å². The molecule has 0 aliphatic carbocycles. The van der Waals surface area contributed by atoms with E-state index in [0.717, 1.165) is 6.26 Å². The van der Waals surface area contributed by atoms with Gasteiger partial charge in [-0.05, 0) is 38.3 Å². The van der Waals surface area contributed by atoms with Crippen LogP contribution in [0.15, 0.2) is 22.7 Å². The summed E-state index contributed by atoms with van der Waals surface area (Å²) in [6.45, 7) is 3.74. The molecule has 0 bridgehead atoms. The van der Waals surface area contributed by atoms with Crippen LogP contribution in [0.4, 0.5) is 5.69 Å². The number of nitro benzene ring substituents is 1. The highest BCUT2D eigenvalue weighted by molar-refractivity contribution is 7.88. The number of nitrogens with zero attached hydrogens (tertiary/aromatic N) is 3. The molecule has 27 heavy (non-hydrogen) atoms. The second-order valence-electron chi connectivity index (χ2n) is 6.90. The lowest BCUT2D eigenvalue weighted by Crippen LogP contribution is -2.44. The molecule has 3 rings (SSSR count). The summed E-state index contributed by atoms with van der Waals surface area (Å²) in [6.07, 6.45) is 1.97. The van der Waals surface area contributed by atoms with Gasteiger partial charge in [-0.15, -0.1) is 0 Å². The second-order valence-corrected chi connectivity index (χ2v) is 8.84. The first-order valence-corrected chi connectivity index (χ1v) is 10.4. The quantitative estimate of drug-likeness (QED) is 0.621. The zero-order valence-electron chi connectivity index (χ0n) is 15.4. The van der Waals surface area contributed by atoms with Crippen LogP contribution in [0.1, 0.15) is 35.9 Å². The molecule has 2 atom stereocenters. The summed E-state index contributed by atoms with van der Waals surface area (Å²) < 4.78 is 30.8. The predicted octanol–water partition coefficient (Wildman–Crippen LogP) is 2.29. The predicted molar refractivity (Wildman–Crippen MR) is 99.6 cm³/mol. The Hall–Kier alpha value is -2.30. The van der Waals surface area contributed by atoms with Gasteiger partial charge in [-0.1, -0.05) is 11.2 Å². The normalized spacial score (nSPS) is 21.3. The molecule has 2 unspecified atom stereocenters. The SMILES string of the molecule is Cc1noc(C)c1-c1ccc(C2CC(N)CCN2S(C)(=O)=O)c([N+](=O)[O-])c1. The third-order valence-corrected chi connectivity index (χ3v) is 6.22. The Labute approximate surface area is 157 Å². The number of hydrogen-bond acceptors (Lipinski definition) is 7. The summed E-state index contributed by atoms with van der Waals surface area (Å²) >= 11 is 0. The Balaban J connectivity index is 2.13. The number of nitrogens with two attached hydrogens (primary N) is 1. The van der Waals surface area contributed by atoms with Crippen molar-refractivity contribution in [1.29, 1.82) is 0 Å². The van der Waals surface area contributed by atoms with Gasteiger partial charge >= 0.3 is 0 Å². The number of sulfonamides is 1. The van der Waals surface area contributed by atoms with Crippen LogP contribution in [0.25, 0.3) is 11.1 Å². The van der Waals surface area contributed by atoms with Crippen molar-refractivity contribution in [3.8, 4) is 11.1 Å². The third-order valence-electron chi connectivity index (χ3n) is 4.93. The number of rotatable bonds is 4. The molecule has 2 N–H and O–H groups in total. The topological polar surface area (TPSA) is 133 Å². The fraction of sp³-hybridized carbons (Fsp3) is 0.471. The molecule has 1 saturated heterocycles. The summed E-state index contributed by atoms with van der Waals surface area (Å²) in [6, 6.07) is 3.91. The number of benzene rings is 1. The largest absolute Gasteiger partial charge is 0.361 e. The standard InChI is InChI=1S/C17H22N4O5S/c1-10-17(11(2)26-19-10)12-4-5-14(16(8-12)21(22)23)15-9-13(18)6-7-20(15)27(3,24)25/h4-5,8,13,15H,6-7,9,18H2,1-3H3. The van der Waals surface area contributed by atoms with Crippen molar-refractivity contribution in [1.82, 2.24) is 9.46 Å². The van der Waals surface area contributed by atoms with E-state index in [4.69, 9.17) is 10.3 Å². The highest BCUT2D eigenvalue weighted by Crippen LogP contribution is 2.39. The molecule has 1 aliphatic rings. The first-order chi connectivity index (χ1) is 12.6. The molecule has 1 aliphatic heterocycles. The molecule has 10 heteroatoms. The van der Waals surface area contributed by atoms with E-state index in [1.165, 1.54) is 10.4 Å². The van der Waals surface area contributed by atoms with Crippen molar-refractivity contribution in [2.24, 2.45) is 5.73 Å². The van der Waals surface area contributed by atoms with Crippen LogP contribution in [0.2, 0.25) is 0 Å². The molecule has 0 saturated carbocycles. The molecule has 0 radical (unpaired) electrons. The average molecular weight is 394 g/mol. The van der Waals surface area contributed by atoms with Crippen molar-refractivity contribution < 1.29 is 17.9 Å². The second kappa shape index (κ2) is 7.02. The Morgan fingerprint density at radius 2 is 2.07 bits per heavy atom. The van der Waals surface area contributed by atoms with Crippen LogP contribution in [0, 0.1) is 24.0 Å². The zero-order valence-corrected chi connectivity index (χ0v) is 16.2. The Kier molecular flexibility index (Phi) is 5.06. The Bertz CT molecular complexity index is 966. The van der Waals surface area contributed by atoms with Gasteiger partial charge in [-0.25, -0.2) is 8.42 Å². The first-order valence-electron chi connectivity index (χ1n) is 8.53. The lowest BCUT2D eigenvalue weighted by atomic mass is 9.91. The maximum atomic E-state index is 12.2. The number of aryl methyl sites for hydroxylation is 2. The summed E-state index contributed by atoms with van der Waals surface area (Å²) in [5, 5.41) is 15.6. The van der Waals surface area contributed by atoms with Crippen LogP contribution in [-0.2, 0) is 10.0 Å². The van der Waals surface area contributed by atoms with E-state index in [1.54, 1.807) is 26.0 Å². The molecule has 9 nitrogen and oxygen atoms in total. The van der Waals surface area contributed by atoms with Gasteiger partial charge in [0, 0.05) is 29.8 Å². The maximum absolute atomic E-state index is 12.2. The van der Waals surface area contributed by atoms with E-state index in [9.17, 15) is 18.5 Å². The molecule has 2 heterocycles. The Morgan fingerprint density at radius 1 is 1.37 bits per heavy atom. The van der Waals surface area contributed by atoms with Crippen LogP contribution in [0.5, 0.6) is 0 Å². The van der Waals surface area contributed by atoms with Crippen LogP contribution in [0.3, 0.4) is 0 Å². The Morgan fingerprint density at radius 3 is 2.63 bits per heavy atom. The van der Waals surface area contributed by atoms with Crippen LogP contribution < -0.4 is 5.73 Å². The lowest BCUT2D eigenvalue weighted by Gasteiger charge is -2.36. The van der Waals surface area contributed by atoms with Crippen molar-refractivity contribution in [3.05, 3.63) is 45.3 Å². The minimum atomic E-state index is -3.53. The first kappa shape index (κ1) is 19.5. The van der Waals surface area contributed by atoms with E-state index in [0.29, 0.717) is 41.0 Å². The number of aromatic nitrogens is 1.